The van der Waals surface area contributed by atoms with Crippen molar-refractivity contribution in [3.63, 3.8) is 0 Å². The molecule has 0 spiro atoms. The van der Waals surface area contributed by atoms with Crippen molar-refractivity contribution in [3.05, 3.63) is 42.2 Å². The van der Waals surface area contributed by atoms with Gasteiger partial charge in [-0.05, 0) is 12.1 Å². The minimum atomic E-state index is 0.700. The van der Waals surface area contributed by atoms with Crippen LogP contribution in [0.15, 0.2) is 46.5 Å². The van der Waals surface area contributed by atoms with Crippen LogP contribution in [-0.4, -0.2) is 9.78 Å². The van der Waals surface area contributed by atoms with E-state index in [9.17, 15) is 0 Å². The normalized spacial score (nSPS) is 9.87. The molecule has 2 rings (SSSR count). The quantitative estimate of drug-likeness (QED) is 0.772. The smallest absolute Gasteiger partial charge is 0.100 e. The maximum atomic E-state index is 8.92. The number of hydrogen-bond donors (Lipinski definition) is 0. The molecule has 74 valence electrons. The fourth-order valence-electron chi connectivity index (χ4n) is 1.23. The summed E-state index contributed by atoms with van der Waals surface area (Å²) in [5.74, 6) is 0. The number of benzene rings is 1. The third-order valence-corrected chi connectivity index (χ3v) is 2.94. The third-order valence-electron chi connectivity index (χ3n) is 1.92. The van der Waals surface area contributed by atoms with Crippen molar-refractivity contribution in [2.75, 3.05) is 0 Å². The first-order valence-electron chi connectivity index (χ1n) is 4.45. The summed E-state index contributed by atoms with van der Waals surface area (Å²) >= 11 is 1.55. The van der Waals surface area contributed by atoms with E-state index < -0.39 is 0 Å². The molecular weight excluding hydrogens is 206 g/mol. The molecule has 0 aliphatic heterocycles. The van der Waals surface area contributed by atoms with Crippen LogP contribution < -0.4 is 0 Å². The average Bonchev–Trinajstić information content (AvgIpc) is 2.65. The highest BCUT2D eigenvalue weighted by Crippen LogP contribution is 2.29. The monoisotopic (exact) mass is 215 g/mol. The Morgan fingerprint density at radius 3 is 2.87 bits per heavy atom. The molecule has 0 atom stereocenters. The lowest BCUT2D eigenvalue weighted by molar-refractivity contribution is 0.766. The number of aryl methyl sites for hydroxylation is 1. The van der Waals surface area contributed by atoms with E-state index in [0.717, 1.165) is 9.79 Å². The van der Waals surface area contributed by atoms with E-state index in [0.29, 0.717) is 5.56 Å². The van der Waals surface area contributed by atoms with E-state index in [1.54, 1.807) is 22.6 Å². The molecule has 0 bridgehead atoms. The van der Waals surface area contributed by atoms with Gasteiger partial charge < -0.3 is 0 Å². The second kappa shape index (κ2) is 4.20. The number of hydrogen-bond acceptors (Lipinski definition) is 3. The van der Waals surface area contributed by atoms with Gasteiger partial charge in [0.05, 0.1) is 16.7 Å². The van der Waals surface area contributed by atoms with Crippen molar-refractivity contribution in [2.45, 2.75) is 9.79 Å². The zero-order chi connectivity index (χ0) is 10.7. The van der Waals surface area contributed by atoms with Crippen molar-refractivity contribution in [3.8, 4) is 6.07 Å². The largest absolute Gasteiger partial charge is 0.275 e. The zero-order valence-electron chi connectivity index (χ0n) is 8.21. The minimum absolute atomic E-state index is 0.700. The fourth-order valence-corrected chi connectivity index (χ4v) is 2.16. The van der Waals surface area contributed by atoms with Gasteiger partial charge in [0.15, 0.2) is 0 Å². The number of nitriles is 1. The molecule has 3 nitrogen and oxygen atoms in total. The number of nitrogens with zero attached hydrogens (tertiary/aromatic N) is 3. The highest BCUT2D eigenvalue weighted by molar-refractivity contribution is 7.99. The van der Waals surface area contributed by atoms with E-state index >= 15 is 0 Å². The molecule has 1 aromatic carbocycles. The Bertz CT molecular complexity index is 511. The lowest BCUT2D eigenvalue weighted by atomic mass is 10.2. The van der Waals surface area contributed by atoms with Gasteiger partial charge in [-0.15, -0.1) is 0 Å². The summed E-state index contributed by atoms with van der Waals surface area (Å²) < 4.78 is 1.75. The van der Waals surface area contributed by atoms with Crippen LogP contribution in [0.1, 0.15) is 5.56 Å². The second-order valence-electron chi connectivity index (χ2n) is 3.06. The van der Waals surface area contributed by atoms with E-state index in [-0.39, 0.29) is 0 Å². The highest BCUT2D eigenvalue weighted by Gasteiger charge is 2.04. The molecule has 0 radical (unpaired) electrons. The maximum absolute atomic E-state index is 8.92. The Hall–Kier alpha value is -1.73. The summed E-state index contributed by atoms with van der Waals surface area (Å²) in [6, 6.07) is 9.73. The van der Waals surface area contributed by atoms with Gasteiger partial charge in [0.2, 0.25) is 0 Å². The first-order chi connectivity index (χ1) is 7.29. The Morgan fingerprint density at radius 1 is 1.40 bits per heavy atom. The summed E-state index contributed by atoms with van der Waals surface area (Å²) in [6.07, 6.45) is 3.72. The zero-order valence-corrected chi connectivity index (χ0v) is 9.03. The first kappa shape index (κ1) is 9.81. The van der Waals surface area contributed by atoms with E-state index in [1.165, 1.54) is 0 Å². The molecular formula is C11H9N3S. The van der Waals surface area contributed by atoms with Crippen molar-refractivity contribution in [2.24, 2.45) is 7.05 Å². The molecule has 0 saturated carbocycles. The predicted molar refractivity (Wildman–Crippen MR) is 58.5 cm³/mol. The third kappa shape index (κ3) is 2.20. The van der Waals surface area contributed by atoms with Gasteiger partial charge in [-0.3, -0.25) is 4.68 Å². The summed E-state index contributed by atoms with van der Waals surface area (Å²) in [6.45, 7) is 0. The molecule has 15 heavy (non-hydrogen) atoms. The summed E-state index contributed by atoms with van der Waals surface area (Å²) in [5, 5.41) is 13.0. The topological polar surface area (TPSA) is 41.6 Å². The molecule has 0 aliphatic rings. The lowest BCUT2D eigenvalue weighted by Crippen LogP contribution is -1.84. The highest BCUT2D eigenvalue weighted by atomic mass is 32.2. The molecule has 1 aromatic heterocycles. The van der Waals surface area contributed by atoms with Crippen LogP contribution in [0.3, 0.4) is 0 Å². The minimum Gasteiger partial charge on any atom is -0.275 e. The van der Waals surface area contributed by atoms with Gasteiger partial charge >= 0.3 is 0 Å². The molecule has 0 saturated heterocycles. The summed E-state index contributed by atoms with van der Waals surface area (Å²) in [4.78, 5) is 2.01. The standard InChI is InChI=1S/C11H9N3S/c1-14-8-10(7-13-14)15-11-5-3-2-4-9(11)6-12/h2-5,7-8H,1H3. The van der Waals surface area contributed by atoms with Gasteiger partial charge in [-0.2, -0.15) is 10.4 Å². The Morgan fingerprint density at radius 2 is 2.20 bits per heavy atom. The molecule has 2 aromatic rings. The summed E-state index contributed by atoms with van der Waals surface area (Å²) in [5.41, 5.74) is 0.700. The van der Waals surface area contributed by atoms with E-state index in [2.05, 4.69) is 11.2 Å². The van der Waals surface area contributed by atoms with Crippen LogP contribution in [0.4, 0.5) is 0 Å². The van der Waals surface area contributed by atoms with Gasteiger partial charge in [-0.25, -0.2) is 0 Å². The second-order valence-corrected chi connectivity index (χ2v) is 4.18. The first-order valence-corrected chi connectivity index (χ1v) is 5.27. The van der Waals surface area contributed by atoms with Gasteiger partial charge in [0.1, 0.15) is 6.07 Å². The van der Waals surface area contributed by atoms with Crippen LogP contribution in [0.2, 0.25) is 0 Å². The Balaban J connectivity index is 2.28. The van der Waals surface area contributed by atoms with Crippen molar-refractivity contribution >= 4 is 11.8 Å². The average molecular weight is 215 g/mol. The molecule has 0 unspecified atom stereocenters. The van der Waals surface area contributed by atoms with Crippen LogP contribution in [-0.2, 0) is 7.05 Å². The summed E-state index contributed by atoms with van der Waals surface area (Å²) in [7, 11) is 1.88. The molecule has 0 N–H and O–H groups in total. The fraction of sp³-hybridized carbons (Fsp3) is 0.0909. The van der Waals surface area contributed by atoms with Crippen LogP contribution in [0.5, 0.6) is 0 Å². The van der Waals surface area contributed by atoms with Crippen LogP contribution in [0.25, 0.3) is 0 Å². The van der Waals surface area contributed by atoms with Gasteiger partial charge in [-0.1, -0.05) is 23.9 Å². The lowest BCUT2D eigenvalue weighted by Gasteiger charge is -1.99. The van der Waals surface area contributed by atoms with Crippen molar-refractivity contribution < 1.29 is 0 Å². The molecule has 0 amide bonds. The van der Waals surface area contributed by atoms with Crippen LogP contribution in [0, 0.1) is 11.3 Å². The number of aromatic nitrogens is 2. The van der Waals surface area contributed by atoms with Gasteiger partial charge in [0, 0.05) is 18.1 Å². The maximum Gasteiger partial charge on any atom is 0.100 e. The van der Waals surface area contributed by atoms with Crippen molar-refractivity contribution in [1.82, 2.24) is 9.78 Å². The molecule has 4 heteroatoms. The molecule has 1 heterocycles. The SMILES string of the molecule is Cn1cc(Sc2ccccc2C#N)cn1. The van der Waals surface area contributed by atoms with E-state index in [4.69, 9.17) is 5.26 Å². The van der Waals surface area contributed by atoms with Crippen molar-refractivity contribution in [1.29, 1.82) is 5.26 Å². The molecule has 0 aliphatic carbocycles. The Kier molecular flexibility index (Phi) is 2.75. The van der Waals surface area contributed by atoms with Gasteiger partial charge in [0.25, 0.3) is 0 Å². The van der Waals surface area contributed by atoms with Crippen LogP contribution >= 0.6 is 11.8 Å². The molecule has 0 fully saturated rings. The number of rotatable bonds is 2. The Labute approximate surface area is 92.3 Å². The predicted octanol–water partition coefficient (Wildman–Crippen LogP) is 2.44. The van der Waals surface area contributed by atoms with E-state index in [1.807, 2.05) is 37.5 Å².